The van der Waals surface area contributed by atoms with Crippen molar-refractivity contribution in [3.63, 3.8) is 0 Å². The van der Waals surface area contributed by atoms with E-state index in [1.807, 2.05) is 6.92 Å². The molecule has 7 heteroatoms. The highest BCUT2D eigenvalue weighted by Gasteiger charge is 2.26. The zero-order chi connectivity index (χ0) is 14.0. The second kappa shape index (κ2) is 5.66. The fourth-order valence-electron chi connectivity index (χ4n) is 2.10. The van der Waals surface area contributed by atoms with Crippen molar-refractivity contribution in [3.8, 4) is 0 Å². The molecule has 2 amide bonds. The zero-order valence-electron chi connectivity index (χ0n) is 11.3. The first-order chi connectivity index (χ1) is 9.01. The van der Waals surface area contributed by atoms with Crippen molar-refractivity contribution >= 4 is 28.3 Å². The smallest absolute Gasteiger partial charge is 0.246 e. The SMILES string of the molecule is CCNC(C)c1sc(N2CC(=O)NC(=O)C2)nc1C. The summed E-state index contributed by atoms with van der Waals surface area (Å²) in [7, 11) is 0. The van der Waals surface area contributed by atoms with Crippen molar-refractivity contribution in [2.45, 2.75) is 26.8 Å². The van der Waals surface area contributed by atoms with E-state index >= 15 is 0 Å². The molecule has 2 heterocycles. The molecule has 2 N–H and O–H groups in total. The molecule has 6 nitrogen and oxygen atoms in total. The Morgan fingerprint density at radius 2 is 2.05 bits per heavy atom. The Hall–Kier alpha value is -1.47. The van der Waals surface area contributed by atoms with Crippen LogP contribution >= 0.6 is 11.3 Å². The molecule has 0 aliphatic carbocycles. The second-order valence-corrected chi connectivity index (χ2v) is 5.56. The third kappa shape index (κ3) is 3.10. The highest BCUT2D eigenvalue weighted by molar-refractivity contribution is 7.15. The van der Waals surface area contributed by atoms with Crippen molar-refractivity contribution in [1.29, 1.82) is 0 Å². The van der Waals surface area contributed by atoms with Gasteiger partial charge in [-0.2, -0.15) is 0 Å². The molecule has 0 radical (unpaired) electrons. The molecular formula is C12H18N4O2S. The summed E-state index contributed by atoms with van der Waals surface area (Å²) >= 11 is 1.54. The average molecular weight is 282 g/mol. The molecule has 19 heavy (non-hydrogen) atoms. The van der Waals surface area contributed by atoms with E-state index in [1.54, 1.807) is 4.90 Å². The predicted molar refractivity (Wildman–Crippen MR) is 74.3 cm³/mol. The van der Waals surface area contributed by atoms with Gasteiger partial charge in [0.1, 0.15) is 13.1 Å². The summed E-state index contributed by atoms with van der Waals surface area (Å²) in [6.07, 6.45) is 0. The molecule has 1 atom stereocenters. The molecule has 0 bridgehead atoms. The molecule has 2 rings (SSSR count). The Morgan fingerprint density at radius 3 is 2.63 bits per heavy atom. The normalized spacial score (nSPS) is 17.5. The topological polar surface area (TPSA) is 74.3 Å². The van der Waals surface area contributed by atoms with Gasteiger partial charge in [0.15, 0.2) is 5.13 Å². The quantitative estimate of drug-likeness (QED) is 0.790. The van der Waals surface area contributed by atoms with E-state index in [9.17, 15) is 9.59 Å². The first-order valence-electron chi connectivity index (χ1n) is 6.29. The third-order valence-corrected chi connectivity index (χ3v) is 4.34. The number of nitrogens with zero attached hydrogens (tertiary/aromatic N) is 2. The summed E-state index contributed by atoms with van der Waals surface area (Å²) in [5.74, 6) is -0.546. The van der Waals surface area contributed by atoms with Gasteiger partial charge in [0.05, 0.1) is 5.69 Å². The summed E-state index contributed by atoms with van der Waals surface area (Å²) in [6.45, 7) is 7.36. The molecular weight excluding hydrogens is 264 g/mol. The number of aryl methyl sites for hydroxylation is 1. The minimum Gasteiger partial charge on any atom is -0.329 e. The molecule has 0 aromatic carbocycles. The Kier molecular flexibility index (Phi) is 4.16. The van der Waals surface area contributed by atoms with Gasteiger partial charge in [0.25, 0.3) is 0 Å². The van der Waals surface area contributed by atoms with Crippen LogP contribution in [0.4, 0.5) is 5.13 Å². The van der Waals surface area contributed by atoms with E-state index in [1.165, 1.54) is 11.3 Å². The molecule has 1 saturated heterocycles. The van der Waals surface area contributed by atoms with E-state index in [0.717, 1.165) is 22.2 Å². The van der Waals surface area contributed by atoms with Crippen LogP contribution < -0.4 is 15.5 Å². The first kappa shape index (κ1) is 14.0. The summed E-state index contributed by atoms with van der Waals surface area (Å²) in [5.41, 5.74) is 0.951. The average Bonchev–Trinajstić information content (AvgIpc) is 2.70. The lowest BCUT2D eigenvalue weighted by Crippen LogP contribution is -2.51. The maximum Gasteiger partial charge on any atom is 0.246 e. The molecule has 1 aromatic heterocycles. The first-order valence-corrected chi connectivity index (χ1v) is 7.11. The Bertz CT molecular complexity index is 484. The van der Waals surface area contributed by atoms with Gasteiger partial charge >= 0.3 is 0 Å². The van der Waals surface area contributed by atoms with Crippen molar-refractivity contribution < 1.29 is 9.59 Å². The molecule has 1 aliphatic heterocycles. The molecule has 1 unspecified atom stereocenters. The summed E-state index contributed by atoms with van der Waals surface area (Å²) in [6, 6.07) is 0.227. The fraction of sp³-hybridized carbons (Fsp3) is 0.583. The number of nitrogens with one attached hydrogen (secondary N) is 2. The van der Waals surface area contributed by atoms with Crippen molar-refractivity contribution in [2.75, 3.05) is 24.5 Å². The van der Waals surface area contributed by atoms with Gasteiger partial charge in [-0.25, -0.2) is 4.98 Å². The molecule has 0 saturated carbocycles. The monoisotopic (exact) mass is 282 g/mol. The van der Waals surface area contributed by atoms with E-state index < -0.39 is 0 Å². The minimum absolute atomic E-state index is 0.188. The van der Waals surface area contributed by atoms with Crippen LogP contribution in [0.3, 0.4) is 0 Å². The second-order valence-electron chi connectivity index (χ2n) is 4.55. The van der Waals surface area contributed by atoms with Crippen LogP contribution in [0.15, 0.2) is 0 Å². The number of thiazole rings is 1. The van der Waals surface area contributed by atoms with Gasteiger partial charge in [0, 0.05) is 10.9 Å². The Balaban J connectivity index is 2.19. The number of carbonyl (C=O) groups is 2. The number of piperazine rings is 1. The number of aromatic nitrogens is 1. The lowest BCUT2D eigenvalue weighted by Gasteiger charge is -2.24. The molecule has 1 fully saturated rings. The maximum absolute atomic E-state index is 11.4. The van der Waals surface area contributed by atoms with Crippen LogP contribution in [0.2, 0.25) is 0 Å². The van der Waals surface area contributed by atoms with Gasteiger partial charge in [-0.15, -0.1) is 0 Å². The number of hydrogen-bond acceptors (Lipinski definition) is 6. The third-order valence-electron chi connectivity index (χ3n) is 2.94. The van der Waals surface area contributed by atoms with E-state index in [4.69, 9.17) is 0 Å². The predicted octanol–water partition coefficient (Wildman–Crippen LogP) is 0.585. The molecule has 1 aliphatic rings. The lowest BCUT2D eigenvalue weighted by atomic mass is 10.2. The van der Waals surface area contributed by atoms with Gasteiger partial charge in [-0.3, -0.25) is 14.9 Å². The van der Waals surface area contributed by atoms with Gasteiger partial charge in [0.2, 0.25) is 11.8 Å². The highest BCUT2D eigenvalue weighted by Crippen LogP contribution is 2.30. The Labute approximate surface area is 116 Å². The van der Waals surface area contributed by atoms with E-state index in [0.29, 0.717) is 0 Å². The fourth-order valence-corrected chi connectivity index (χ4v) is 3.19. The van der Waals surface area contributed by atoms with Crippen molar-refractivity contribution in [3.05, 3.63) is 10.6 Å². The minimum atomic E-state index is -0.273. The van der Waals surface area contributed by atoms with Crippen LogP contribution in [0.25, 0.3) is 0 Å². The molecule has 1 aromatic rings. The van der Waals surface area contributed by atoms with Crippen molar-refractivity contribution in [2.24, 2.45) is 0 Å². The highest BCUT2D eigenvalue weighted by atomic mass is 32.1. The van der Waals surface area contributed by atoms with E-state index in [2.05, 4.69) is 29.5 Å². The summed E-state index contributed by atoms with van der Waals surface area (Å²) < 4.78 is 0. The largest absolute Gasteiger partial charge is 0.329 e. The molecule has 0 spiro atoms. The standard InChI is InChI=1S/C12H18N4O2S/c1-4-13-7(2)11-8(3)14-12(19-11)16-5-9(17)15-10(18)6-16/h7,13H,4-6H2,1-3H3,(H,15,17,18). The van der Waals surface area contributed by atoms with Gasteiger partial charge in [-0.05, 0) is 20.4 Å². The van der Waals surface area contributed by atoms with Crippen LogP contribution in [0.5, 0.6) is 0 Å². The van der Waals surface area contributed by atoms with Crippen LogP contribution in [-0.2, 0) is 9.59 Å². The lowest BCUT2D eigenvalue weighted by molar-refractivity contribution is -0.130. The Morgan fingerprint density at radius 1 is 1.42 bits per heavy atom. The molecule has 104 valence electrons. The number of carbonyl (C=O) groups excluding carboxylic acids is 2. The van der Waals surface area contributed by atoms with Crippen LogP contribution in [-0.4, -0.2) is 36.4 Å². The number of imide groups is 1. The van der Waals surface area contributed by atoms with Gasteiger partial charge in [-0.1, -0.05) is 18.3 Å². The number of rotatable bonds is 4. The van der Waals surface area contributed by atoms with Crippen LogP contribution in [0.1, 0.15) is 30.5 Å². The summed E-state index contributed by atoms with van der Waals surface area (Å²) in [5, 5.41) is 6.37. The van der Waals surface area contributed by atoms with E-state index in [-0.39, 0.29) is 30.9 Å². The number of hydrogen-bond donors (Lipinski definition) is 2. The number of amides is 2. The van der Waals surface area contributed by atoms with Gasteiger partial charge < -0.3 is 10.2 Å². The van der Waals surface area contributed by atoms with Crippen LogP contribution in [0, 0.1) is 6.92 Å². The summed E-state index contributed by atoms with van der Waals surface area (Å²) in [4.78, 5) is 30.1. The zero-order valence-corrected chi connectivity index (χ0v) is 12.1. The number of anilines is 1. The maximum atomic E-state index is 11.4. The van der Waals surface area contributed by atoms with Crippen molar-refractivity contribution in [1.82, 2.24) is 15.6 Å².